The van der Waals surface area contributed by atoms with Crippen molar-refractivity contribution < 1.29 is 13.9 Å². The number of ether oxygens (including phenoxy) is 1. The molecule has 0 radical (unpaired) electrons. The number of ketones is 1. The van der Waals surface area contributed by atoms with E-state index in [0.717, 1.165) is 12.8 Å². The number of hydrogen-bond acceptors (Lipinski definition) is 7. The molecule has 5 N–H and O–H groups in total. The van der Waals surface area contributed by atoms with Crippen LogP contribution in [0.4, 0.5) is 10.2 Å². The molecule has 3 aliphatic rings. The van der Waals surface area contributed by atoms with Gasteiger partial charge in [-0.3, -0.25) is 9.79 Å². The van der Waals surface area contributed by atoms with E-state index in [2.05, 4.69) is 10.3 Å². The number of Topliss-reactive ketones (excluding diaryl/α,β-unsaturated/α-hetero) is 1. The molecule has 2 aliphatic heterocycles. The fraction of sp³-hybridized carbons (Fsp3) is 0.296. The van der Waals surface area contributed by atoms with Gasteiger partial charge in [-0.05, 0) is 43.0 Å². The largest absolute Gasteiger partial charge is 0.485 e. The lowest BCUT2D eigenvalue weighted by Crippen LogP contribution is -2.26. The van der Waals surface area contributed by atoms with Gasteiger partial charge >= 0.3 is 0 Å². The fourth-order valence-corrected chi connectivity index (χ4v) is 3.99. The molecule has 0 amide bonds. The highest BCUT2D eigenvalue weighted by Gasteiger charge is 2.28. The summed E-state index contributed by atoms with van der Waals surface area (Å²) >= 11 is 0. The van der Waals surface area contributed by atoms with Crippen molar-refractivity contribution in [3.05, 3.63) is 82.5 Å². The number of nitrogens with two attached hydrogens (primary N) is 2. The van der Waals surface area contributed by atoms with Crippen LogP contribution in [0.3, 0.4) is 0 Å². The first-order chi connectivity index (χ1) is 17.0. The highest BCUT2D eigenvalue weighted by atomic mass is 19.1. The van der Waals surface area contributed by atoms with E-state index in [1.165, 1.54) is 18.3 Å². The first-order valence-electron chi connectivity index (χ1n) is 11.9. The molecule has 7 nitrogen and oxygen atoms in total. The number of nitrogens with zero attached hydrogens (tertiary/aromatic N) is 2. The van der Waals surface area contributed by atoms with E-state index in [9.17, 15) is 9.18 Å². The third-order valence-corrected chi connectivity index (χ3v) is 5.94. The minimum absolute atomic E-state index is 0.0485. The first-order valence-corrected chi connectivity index (χ1v) is 11.9. The van der Waals surface area contributed by atoms with Gasteiger partial charge in [0, 0.05) is 47.7 Å². The van der Waals surface area contributed by atoms with E-state index in [1.54, 1.807) is 24.4 Å². The number of halogens is 1. The van der Waals surface area contributed by atoms with Gasteiger partial charge in [0.15, 0.2) is 17.4 Å². The van der Waals surface area contributed by atoms with Crippen LogP contribution >= 0.6 is 0 Å². The first kappa shape index (κ1) is 24.2. The number of carbonyl (C=O) groups excluding carboxylic acids is 1. The van der Waals surface area contributed by atoms with Crippen LogP contribution in [-0.4, -0.2) is 29.6 Å². The number of benzene rings is 1. The van der Waals surface area contributed by atoms with Crippen molar-refractivity contribution >= 4 is 23.0 Å². The number of fused-ring (bicyclic) bond motifs is 4. The Morgan fingerprint density at radius 3 is 2.83 bits per heavy atom. The summed E-state index contributed by atoms with van der Waals surface area (Å²) in [4.78, 5) is 22.8. The van der Waals surface area contributed by atoms with E-state index in [0.29, 0.717) is 58.4 Å². The van der Waals surface area contributed by atoms with E-state index in [-0.39, 0.29) is 23.8 Å². The number of dihydropyridines is 1. The average molecular weight is 476 g/mol. The number of aromatic nitrogens is 1. The zero-order valence-corrected chi connectivity index (χ0v) is 20.0. The van der Waals surface area contributed by atoms with Crippen molar-refractivity contribution in [2.75, 3.05) is 18.8 Å². The summed E-state index contributed by atoms with van der Waals surface area (Å²) in [5.41, 5.74) is 15.6. The summed E-state index contributed by atoms with van der Waals surface area (Å²) < 4.78 is 20.1. The number of aliphatic imine (C=N–C) groups is 1. The Morgan fingerprint density at radius 2 is 2.09 bits per heavy atom. The van der Waals surface area contributed by atoms with Gasteiger partial charge in [0.2, 0.25) is 0 Å². The fourth-order valence-electron chi connectivity index (χ4n) is 3.99. The predicted octanol–water partition coefficient (Wildman–Crippen LogP) is 3.90. The number of rotatable bonds is 2. The Bertz CT molecular complexity index is 1260. The SMILES string of the molecule is CC.N/C=C1/C(=O)C2=C(NCC=C2)c2ccc(F)cc2COc2cc(cnc2N)C1=NCC1CC1. The number of carbonyl (C=O) groups is 1. The van der Waals surface area contributed by atoms with Crippen LogP contribution in [0, 0.1) is 11.7 Å². The van der Waals surface area contributed by atoms with Crippen molar-refractivity contribution in [1.29, 1.82) is 0 Å². The molecule has 0 spiro atoms. The van der Waals surface area contributed by atoms with Crippen molar-refractivity contribution in [3.8, 4) is 5.75 Å². The van der Waals surface area contributed by atoms with Crippen LogP contribution in [0.2, 0.25) is 0 Å². The van der Waals surface area contributed by atoms with Gasteiger partial charge in [-0.2, -0.15) is 0 Å². The molecule has 3 heterocycles. The van der Waals surface area contributed by atoms with E-state index in [1.807, 2.05) is 19.9 Å². The lowest BCUT2D eigenvalue weighted by atomic mass is 9.90. The molecule has 182 valence electrons. The maximum atomic E-state index is 14.1. The molecule has 1 aliphatic carbocycles. The monoisotopic (exact) mass is 475 g/mol. The zero-order chi connectivity index (χ0) is 24.9. The van der Waals surface area contributed by atoms with Crippen LogP contribution < -0.4 is 21.5 Å². The van der Waals surface area contributed by atoms with Gasteiger partial charge in [0.05, 0.1) is 17.0 Å². The normalized spacial score (nSPS) is 19.5. The standard InChI is InChI=1S/C25H24FN5O2.C2H6/c26-17-5-6-18-16(8-17)13-33-21-9-15(12-31-25(21)28)22(30-11-14-3-4-14)20(10-27)24(32)19-2-1-7-29-23(18)19;1-2/h1-2,5-6,8-10,12,14,29H,3-4,7,11,13,27H2,(H2,28,31);1-2H3/b20-10+,30-22?;. The van der Waals surface area contributed by atoms with Crippen molar-refractivity contribution in [2.24, 2.45) is 16.6 Å². The minimum atomic E-state index is -0.402. The smallest absolute Gasteiger partial charge is 0.198 e. The van der Waals surface area contributed by atoms with Gasteiger partial charge in [-0.1, -0.05) is 26.0 Å². The molecule has 2 bridgehead atoms. The zero-order valence-electron chi connectivity index (χ0n) is 20.0. The molecule has 1 aromatic carbocycles. The van der Waals surface area contributed by atoms with Crippen LogP contribution in [0.25, 0.3) is 5.70 Å². The second-order valence-corrected chi connectivity index (χ2v) is 8.31. The van der Waals surface area contributed by atoms with Gasteiger partial charge in [0.25, 0.3) is 0 Å². The van der Waals surface area contributed by atoms with Gasteiger partial charge in [-0.25, -0.2) is 9.37 Å². The minimum Gasteiger partial charge on any atom is -0.485 e. The van der Waals surface area contributed by atoms with Gasteiger partial charge in [-0.15, -0.1) is 0 Å². The summed E-state index contributed by atoms with van der Waals surface area (Å²) in [7, 11) is 0. The molecule has 5 rings (SSSR count). The summed E-state index contributed by atoms with van der Waals surface area (Å²) in [6, 6.07) is 6.10. The number of anilines is 1. The third-order valence-electron chi connectivity index (χ3n) is 5.94. The summed E-state index contributed by atoms with van der Waals surface area (Å²) in [6.07, 6.45) is 8.72. The Morgan fingerprint density at radius 1 is 1.29 bits per heavy atom. The summed E-state index contributed by atoms with van der Waals surface area (Å²) in [6.45, 7) is 5.18. The molecule has 1 saturated carbocycles. The number of pyridine rings is 1. The lowest BCUT2D eigenvalue weighted by Gasteiger charge is -2.23. The van der Waals surface area contributed by atoms with Gasteiger partial charge < -0.3 is 21.5 Å². The second-order valence-electron chi connectivity index (χ2n) is 8.31. The van der Waals surface area contributed by atoms with Crippen LogP contribution in [0.1, 0.15) is 43.4 Å². The van der Waals surface area contributed by atoms with Crippen LogP contribution in [-0.2, 0) is 11.4 Å². The highest BCUT2D eigenvalue weighted by Crippen LogP contribution is 2.32. The third kappa shape index (κ3) is 5.11. The van der Waals surface area contributed by atoms with E-state index < -0.39 is 5.82 Å². The Hall–Kier alpha value is -3.94. The van der Waals surface area contributed by atoms with E-state index in [4.69, 9.17) is 21.2 Å². The number of nitrogen functional groups attached to an aromatic ring is 1. The molecular formula is C27H30FN5O2. The molecule has 0 saturated heterocycles. The van der Waals surface area contributed by atoms with Crippen molar-refractivity contribution in [3.63, 3.8) is 0 Å². The Labute approximate surface area is 204 Å². The number of allylic oxidation sites excluding steroid dienone is 3. The molecule has 0 unspecified atom stereocenters. The lowest BCUT2D eigenvalue weighted by molar-refractivity contribution is -0.111. The Kier molecular flexibility index (Phi) is 7.29. The maximum absolute atomic E-state index is 14.1. The predicted molar refractivity (Wildman–Crippen MR) is 136 cm³/mol. The van der Waals surface area contributed by atoms with Crippen LogP contribution in [0.5, 0.6) is 5.75 Å². The molecule has 2 aromatic rings. The van der Waals surface area contributed by atoms with E-state index >= 15 is 0 Å². The average Bonchev–Trinajstić information content (AvgIpc) is 3.71. The van der Waals surface area contributed by atoms with Crippen LogP contribution in [0.15, 0.2) is 65.0 Å². The molecule has 8 heteroatoms. The van der Waals surface area contributed by atoms with Crippen molar-refractivity contribution in [1.82, 2.24) is 10.3 Å². The summed E-state index contributed by atoms with van der Waals surface area (Å²) in [5.74, 6) is 0.357. The highest BCUT2D eigenvalue weighted by molar-refractivity contribution is 6.34. The molecule has 0 atom stereocenters. The van der Waals surface area contributed by atoms with Crippen molar-refractivity contribution in [2.45, 2.75) is 33.3 Å². The Balaban J connectivity index is 0.00000141. The van der Waals surface area contributed by atoms with Gasteiger partial charge in [0.1, 0.15) is 12.4 Å². The molecule has 1 fully saturated rings. The second kappa shape index (κ2) is 10.5. The summed E-state index contributed by atoms with van der Waals surface area (Å²) in [5, 5.41) is 3.27. The molecule has 1 aromatic heterocycles. The molecular weight excluding hydrogens is 445 g/mol. The topological polar surface area (TPSA) is 116 Å². The number of nitrogens with one attached hydrogen (secondary N) is 1. The quantitative estimate of drug-likeness (QED) is 0.568. The maximum Gasteiger partial charge on any atom is 0.198 e. The number of hydrogen-bond donors (Lipinski definition) is 3. The molecule has 35 heavy (non-hydrogen) atoms.